The molecule has 112 valence electrons. The van der Waals surface area contributed by atoms with Gasteiger partial charge in [-0.1, -0.05) is 23.7 Å². The Labute approximate surface area is 119 Å². The van der Waals surface area contributed by atoms with Gasteiger partial charge in [-0.15, -0.1) is 0 Å². The van der Waals surface area contributed by atoms with Gasteiger partial charge in [-0.05, 0) is 17.7 Å². The third-order valence-electron chi connectivity index (χ3n) is 2.58. The van der Waals surface area contributed by atoms with Crippen molar-refractivity contribution in [3.63, 3.8) is 0 Å². The van der Waals surface area contributed by atoms with Gasteiger partial charge in [0.05, 0.1) is 6.61 Å². The van der Waals surface area contributed by atoms with Crippen LogP contribution in [0.5, 0.6) is 0 Å². The molecule has 20 heavy (non-hydrogen) atoms. The third-order valence-corrected chi connectivity index (χ3v) is 2.83. The fraction of sp³-hybridized carbons (Fsp3) is 0.417. The highest BCUT2D eigenvalue weighted by Gasteiger charge is 2.42. The Hall–Kier alpha value is -1.47. The lowest BCUT2D eigenvalue weighted by Gasteiger charge is -2.25. The van der Waals surface area contributed by atoms with Gasteiger partial charge in [-0.2, -0.15) is 13.2 Å². The number of aliphatic hydroxyl groups excluding tert-OH is 1. The number of nitrogens with zero attached hydrogens (tertiary/aromatic N) is 1. The molecule has 0 aromatic heterocycles. The van der Waals surface area contributed by atoms with Gasteiger partial charge in [0.2, 0.25) is 0 Å². The number of benzene rings is 1. The van der Waals surface area contributed by atoms with Gasteiger partial charge in [-0.25, -0.2) is 4.79 Å². The average molecular weight is 311 g/mol. The molecule has 1 aromatic carbocycles. The molecule has 0 bridgehead atoms. The summed E-state index contributed by atoms with van der Waals surface area (Å²) in [5, 5.41) is 10.9. The molecule has 0 radical (unpaired) electrons. The summed E-state index contributed by atoms with van der Waals surface area (Å²) in [6.07, 6.45) is -4.64. The van der Waals surface area contributed by atoms with Crippen molar-refractivity contribution < 1.29 is 23.1 Å². The fourth-order valence-corrected chi connectivity index (χ4v) is 1.62. The molecule has 0 saturated carbocycles. The van der Waals surface area contributed by atoms with Crippen LogP contribution in [0.25, 0.3) is 0 Å². The van der Waals surface area contributed by atoms with E-state index in [4.69, 9.17) is 16.7 Å². The summed E-state index contributed by atoms with van der Waals surface area (Å²) in [6, 6.07) is 1.99. The zero-order valence-electron chi connectivity index (χ0n) is 10.6. The highest BCUT2D eigenvalue weighted by molar-refractivity contribution is 6.30. The number of halogens is 4. The van der Waals surface area contributed by atoms with Crippen LogP contribution in [0.1, 0.15) is 11.6 Å². The van der Waals surface area contributed by atoms with Gasteiger partial charge >= 0.3 is 12.2 Å². The minimum atomic E-state index is -4.64. The van der Waals surface area contributed by atoms with Crippen molar-refractivity contribution in [3.05, 3.63) is 34.9 Å². The largest absolute Gasteiger partial charge is 0.412 e. The number of nitrogens with one attached hydrogen (secondary N) is 1. The molecule has 8 heteroatoms. The van der Waals surface area contributed by atoms with Crippen molar-refractivity contribution in [3.8, 4) is 0 Å². The second kappa shape index (κ2) is 6.81. The predicted octanol–water partition coefficient (Wildman–Crippen LogP) is 2.58. The van der Waals surface area contributed by atoms with Crippen molar-refractivity contribution >= 4 is 17.6 Å². The molecule has 0 spiro atoms. The maximum Gasteiger partial charge on any atom is 0.412 e. The third kappa shape index (κ3) is 4.57. The Morgan fingerprint density at radius 3 is 2.40 bits per heavy atom. The summed E-state index contributed by atoms with van der Waals surface area (Å²) >= 11 is 5.62. The second-order valence-corrected chi connectivity index (χ2v) is 4.56. The number of rotatable bonds is 4. The number of carbonyl (C=O) groups excluding carboxylic acids is 1. The van der Waals surface area contributed by atoms with Crippen molar-refractivity contribution in [2.75, 3.05) is 20.2 Å². The highest BCUT2D eigenvalue weighted by atomic mass is 35.5. The second-order valence-electron chi connectivity index (χ2n) is 4.12. The molecule has 0 aliphatic heterocycles. The van der Waals surface area contributed by atoms with E-state index < -0.39 is 18.2 Å². The maximum atomic E-state index is 13.0. The summed E-state index contributed by atoms with van der Waals surface area (Å²) in [5.74, 6) is 0. The molecule has 0 aliphatic carbocycles. The lowest BCUT2D eigenvalue weighted by atomic mass is 10.1. The lowest BCUT2D eigenvalue weighted by Crippen LogP contribution is -2.45. The molecule has 4 nitrogen and oxygen atoms in total. The van der Waals surface area contributed by atoms with Gasteiger partial charge in [0.15, 0.2) is 6.04 Å². The van der Waals surface area contributed by atoms with E-state index in [1.807, 2.05) is 5.32 Å². The first-order valence-corrected chi connectivity index (χ1v) is 6.08. The summed E-state index contributed by atoms with van der Waals surface area (Å²) in [6.45, 7) is -0.390. The first-order chi connectivity index (χ1) is 9.25. The topological polar surface area (TPSA) is 52.6 Å². The molecular formula is C12H14ClF3N2O2. The molecule has 0 saturated heterocycles. The van der Waals surface area contributed by atoms with Crippen LogP contribution >= 0.6 is 11.6 Å². The quantitative estimate of drug-likeness (QED) is 0.898. The van der Waals surface area contributed by atoms with E-state index in [1.165, 1.54) is 31.3 Å². The number of hydrogen-bond acceptors (Lipinski definition) is 2. The first kappa shape index (κ1) is 16.6. The average Bonchev–Trinajstić information content (AvgIpc) is 2.36. The summed E-state index contributed by atoms with van der Waals surface area (Å²) < 4.78 is 39.0. The highest BCUT2D eigenvalue weighted by Crippen LogP contribution is 2.33. The van der Waals surface area contributed by atoms with E-state index in [9.17, 15) is 18.0 Å². The molecule has 1 rings (SSSR count). The zero-order valence-corrected chi connectivity index (χ0v) is 11.4. The van der Waals surface area contributed by atoms with Gasteiger partial charge in [0.25, 0.3) is 0 Å². The summed E-state index contributed by atoms with van der Waals surface area (Å²) in [4.78, 5) is 12.6. The van der Waals surface area contributed by atoms with Crippen molar-refractivity contribution in [2.45, 2.75) is 12.2 Å². The Morgan fingerprint density at radius 1 is 1.40 bits per heavy atom. The molecule has 1 unspecified atom stereocenters. The van der Waals surface area contributed by atoms with Gasteiger partial charge in [0, 0.05) is 18.6 Å². The standard InChI is InChI=1S/C12H14ClF3N2O2/c1-18(6-7-19)11(20)17-10(12(14,15)16)8-2-4-9(13)5-3-8/h2-5,10,19H,6-7H2,1H3,(H,17,20). The Balaban J connectivity index is 2.91. The van der Waals surface area contributed by atoms with E-state index in [2.05, 4.69) is 0 Å². The minimum absolute atomic E-state index is 0.0585. The number of aliphatic hydroxyl groups is 1. The smallest absolute Gasteiger partial charge is 0.395 e. The minimum Gasteiger partial charge on any atom is -0.395 e. The monoisotopic (exact) mass is 310 g/mol. The van der Waals surface area contributed by atoms with E-state index in [0.29, 0.717) is 5.02 Å². The van der Waals surface area contributed by atoms with Gasteiger partial charge < -0.3 is 15.3 Å². The van der Waals surface area contributed by atoms with Gasteiger partial charge in [-0.3, -0.25) is 0 Å². The van der Waals surface area contributed by atoms with E-state index in [0.717, 1.165) is 4.90 Å². The SMILES string of the molecule is CN(CCO)C(=O)NC(c1ccc(Cl)cc1)C(F)(F)F. The number of amides is 2. The van der Waals surface area contributed by atoms with Crippen LogP contribution in [0.2, 0.25) is 5.02 Å². The lowest BCUT2D eigenvalue weighted by molar-refractivity contribution is -0.155. The molecule has 1 aromatic rings. The molecular weight excluding hydrogens is 297 g/mol. The van der Waals surface area contributed by atoms with E-state index >= 15 is 0 Å². The molecule has 2 amide bonds. The van der Waals surface area contributed by atoms with Crippen LogP contribution in [0.3, 0.4) is 0 Å². The van der Waals surface area contributed by atoms with Crippen molar-refractivity contribution in [1.29, 1.82) is 0 Å². The Morgan fingerprint density at radius 2 is 1.95 bits per heavy atom. The van der Waals surface area contributed by atoms with Crippen molar-refractivity contribution in [1.82, 2.24) is 10.2 Å². The number of carbonyl (C=O) groups is 1. The van der Waals surface area contributed by atoms with Crippen LogP contribution in [0, 0.1) is 0 Å². The molecule has 0 aliphatic rings. The van der Waals surface area contributed by atoms with Crippen LogP contribution < -0.4 is 5.32 Å². The maximum absolute atomic E-state index is 13.0. The Kier molecular flexibility index (Phi) is 5.64. The van der Waals surface area contributed by atoms with E-state index in [-0.39, 0.29) is 18.7 Å². The normalized spacial score (nSPS) is 12.9. The van der Waals surface area contributed by atoms with Crippen LogP contribution in [0.15, 0.2) is 24.3 Å². The summed E-state index contributed by atoms with van der Waals surface area (Å²) in [5.41, 5.74) is -0.118. The van der Waals surface area contributed by atoms with Crippen LogP contribution in [-0.2, 0) is 0 Å². The fourth-order valence-electron chi connectivity index (χ4n) is 1.49. The summed E-state index contributed by atoms with van der Waals surface area (Å²) in [7, 11) is 1.29. The number of urea groups is 1. The van der Waals surface area contributed by atoms with Crippen LogP contribution in [0.4, 0.5) is 18.0 Å². The number of hydrogen-bond donors (Lipinski definition) is 2. The zero-order chi connectivity index (χ0) is 15.3. The molecule has 2 N–H and O–H groups in total. The number of alkyl halides is 3. The molecule has 0 fully saturated rings. The predicted molar refractivity (Wildman–Crippen MR) is 68.5 cm³/mol. The van der Waals surface area contributed by atoms with Gasteiger partial charge in [0.1, 0.15) is 0 Å². The van der Waals surface area contributed by atoms with Crippen molar-refractivity contribution in [2.24, 2.45) is 0 Å². The van der Waals surface area contributed by atoms with E-state index in [1.54, 1.807) is 0 Å². The first-order valence-electron chi connectivity index (χ1n) is 5.70. The molecule has 1 atom stereocenters. The Bertz CT molecular complexity index is 451. The molecule has 0 heterocycles. The van der Waals surface area contributed by atoms with Crippen LogP contribution in [-0.4, -0.2) is 42.4 Å². The number of likely N-dealkylation sites (N-methyl/N-ethyl adjacent to an activating group) is 1.